The first-order valence-electron chi connectivity index (χ1n) is 35.2. The van der Waals surface area contributed by atoms with Crippen LogP contribution in [0.25, 0.3) is 95.0 Å². The minimum absolute atomic E-state index is 0. The number of phenolic OH excluding ortho intramolecular Hbond substituents is 1. The van der Waals surface area contributed by atoms with E-state index in [0.717, 1.165) is 44.5 Å². The van der Waals surface area contributed by atoms with Crippen molar-refractivity contribution in [3.05, 3.63) is 216 Å². The average molecular weight is 1200 g/mol. The van der Waals surface area contributed by atoms with Crippen LogP contribution in [0.3, 0.4) is 0 Å². The van der Waals surface area contributed by atoms with Crippen LogP contribution in [0.4, 0.5) is 0 Å². The zero-order valence-corrected chi connectivity index (χ0v) is 45.2. The first kappa shape index (κ1) is 33.1. The zero-order chi connectivity index (χ0) is 70.7. The van der Waals surface area contributed by atoms with Crippen molar-refractivity contribution in [3.8, 4) is 89.7 Å². The standard InChI is InChI=1S/C71H70N3O.Pt/c1-45-38-51(64-56(49-24-18-15-19-25-49)26-20-28-59(64)70(8,9)10)34-35-62(45)74-63-29-21-27-57(65(63)73-67(74)58-43-55(69(5,6)7)44-60(66(58)75)71(11,12)13)52-39-53(41-54(40-52)68(2,3)4)61-42-50(36-37-72-61)48-32-30-47(31-33-48)46-22-16-14-17-23-46;/h14-38,40-44,75H,1-13H3;/q-1;/i1D3,5D3,6D3,7D3,11D3,12D3,13D3;. The number of aromatic hydroxyl groups is 1. The molecule has 0 saturated heterocycles. The van der Waals surface area contributed by atoms with Gasteiger partial charge in [-0.1, -0.05) is 227 Å². The fraction of sp³-hybridized carbons (Fsp3) is 0.239. The molecule has 10 aromatic rings. The Morgan fingerprint density at radius 1 is 0.487 bits per heavy atom. The molecule has 0 atom stereocenters. The summed E-state index contributed by atoms with van der Waals surface area (Å²) in [7, 11) is 0. The number of para-hydroxylation sites is 1. The molecule has 0 spiro atoms. The zero-order valence-electron chi connectivity index (χ0n) is 63.9. The predicted molar refractivity (Wildman–Crippen MR) is 317 cm³/mol. The van der Waals surface area contributed by atoms with Crippen molar-refractivity contribution in [2.75, 3.05) is 0 Å². The number of fused-ring (bicyclic) bond motifs is 1. The normalized spacial score (nSPS) is 17.5. The average Bonchev–Trinajstić information content (AvgIpc) is 0.872. The van der Waals surface area contributed by atoms with Gasteiger partial charge in [-0.15, -0.1) is 29.3 Å². The molecule has 0 fully saturated rings. The second-order valence-corrected chi connectivity index (χ2v) is 21.3. The molecule has 2 aromatic heterocycles. The minimum atomic E-state index is -4.26. The maximum atomic E-state index is 13.2. The van der Waals surface area contributed by atoms with Gasteiger partial charge in [0.1, 0.15) is 11.6 Å². The summed E-state index contributed by atoms with van der Waals surface area (Å²) in [6.07, 6.45) is 1.67. The number of rotatable bonds is 8. The van der Waals surface area contributed by atoms with Crippen LogP contribution < -0.4 is 0 Å². The number of hydrogen-bond acceptors (Lipinski definition) is 3. The summed E-state index contributed by atoms with van der Waals surface area (Å²) in [5.74, 6) is -2.17. The third kappa shape index (κ3) is 10.5. The maximum absolute atomic E-state index is 13.2. The molecule has 0 aliphatic carbocycles. The summed E-state index contributed by atoms with van der Waals surface area (Å²) in [6, 6.07) is 54.5. The van der Waals surface area contributed by atoms with Gasteiger partial charge < -0.3 is 5.11 Å². The van der Waals surface area contributed by atoms with Gasteiger partial charge >= 0.3 is 0 Å². The molecule has 0 radical (unpaired) electrons. The van der Waals surface area contributed by atoms with Gasteiger partial charge in [0, 0.05) is 67.3 Å². The van der Waals surface area contributed by atoms with E-state index in [1.165, 1.54) is 22.8 Å². The van der Waals surface area contributed by atoms with Crippen LogP contribution in [0.5, 0.6) is 5.75 Å². The summed E-state index contributed by atoms with van der Waals surface area (Å²) in [5, 5.41) is 13.2. The molecule has 0 saturated carbocycles. The third-order valence-corrected chi connectivity index (χ3v) is 13.7. The summed E-state index contributed by atoms with van der Waals surface area (Å²) >= 11 is 0. The Morgan fingerprint density at radius 2 is 1.09 bits per heavy atom. The van der Waals surface area contributed by atoms with Gasteiger partial charge in [-0.05, 0) is 120 Å². The van der Waals surface area contributed by atoms with E-state index in [1.54, 1.807) is 24.4 Å². The van der Waals surface area contributed by atoms with E-state index in [2.05, 4.69) is 6.07 Å². The van der Waals surface area contributed by atoms with Crippen LogP contribution in [0.2, 0.25) is 0 Å². The Morgan fingerprint density at radius 3 is 1.75 bits per heavy atom. The van der Waals surface area contributed by atoms with Crippen molar-refractivity contribution in [2.45, 2.75) is 111 Å². The SMILES string of the molecule is [2H]C([2H])([2H])c1cc(-c2c(-c3ccccc3)cccc2C(C)(C)C)ccc1-n1c(-c2cc(C(C([2H])([2H])[2H])(C([2H])([2H])[2H])C([2H])([2H])[2H])cc(C(C([2H])([2H])[2H])(C([2H])([2H])[2H])C([2H])([2H])[2H])c2O)nc2c(-c3[c-]c(-c4cc(-c5ccc(-c6ccccc6)cc5)ccn4)cc(C(C)(C)C)c3)cccc21.[Pt]. The Bertz CT molecular complexity index is 4490. The molecular formula is C71H70N3OPt-. The van der Waals surface area contributed by atoms with Gasteiger partial charge in [0.15, 0.2) is 0 Å². The third-order valence-electron chi connectivity index (χ3n) is 13.7. The van der Waals surface area contributed by atoms with Gasteiger partial charge in [-0.3, -0.25) is 9.55 Å². The van der Waals surface area contributed by atoms with E-state index in [0.29, 0.717) is 34.0 Å². The number of benzene rings is 8. The van der Waals surface area contributed by atoms with Crippen LogP contribution in [0.1, 0.15) is 139 Å². The number of phenols is 1. The summed E-state index contributed by atoms with van der Waals surface area (Å²) in [5.41, 5.74) is -4.32. The van der Waals surface area contributed by atoms with Crippen LogP contribution in [-0.2, 0) is 42.7 Å². The maximum Gasteiger partial charge on any atom is 0.148 e. The first-order chi connectivity index (χ1) is 44.3. The van der Waals surface area contributed by atoms with Crippen LogP contribution in [0, 0.1) is 12.9 Å². The van der Waals surface area contributed by atoms with Gasteiger partial charge in [0.2, 0.25) is 0 Å². The molecule has 0 aliphatic rings. The molecule has 4 nitrogen and oxygen atoms in total. The van der Waals surface area contributed by atoms with Gasteiger partial charge in [0.05, 0.1) is 22.3 Å². The van der Waals surface area contributed by atoms with Crippen molar-refractivity contribution < 1.29 is 55.0 Å². The number of aryl methyl sites for hydroxylation is 1. The van der Waals surface area contributed by atoms with Crippen molar-refractivity contribution in [1.29, 1.82) is 0 Å². The minimum Gasteiger partial charge on any atom is -0.507 e. The number of hydrogen-bond donors (Lipinski definition) is 1. The smallest absolute Gasteiger partial charge is 0.148 e. The second kappa shape index (κ2) is 20.4. The second-order valence-electron chi connectivity index (χ2n) is 21.3. The molecular weight excluding hydrogens is 1110 g/mol. The quantitative estimate of drug-likeness (QED) is 0.154. The predicted octanol–water partition coefficient (Wildman–Crippen LogP) is 19.1. The number of pyridine rings is 1. The van der Waals surface area contributed by atoms with Crippen molar-refractivity contribution >= 4 is 11.0 Å². The molecule has 8 aromatic carbocycles. The van der Waals surface area contributed by atoms with Crippen LogP contribution in [-0.4, -0.2) is 19.6 Å². The molecule has 5 heteroatoms. The van der Waals surface area contributed by atoms with E-state index in [4.69, 9.17) is 34.6 Å². The van der Waals surface area contributed by atoms with Crippen LogP contribution >= 0.6 is 0 Å². The molecule has 0 unspecified atom stereocenters. The number of aromatic nitrogens is 3. The topological polar surface area (TPSA) is 50.9 Å². The summed E-state index contributed by atoms with van der Waals surface area (Å²) in [4.78, 5) is 9.95. The summed E-state index contributed by atoms with van der Waals surface area (Å²) < 4.78 is 189. The summed E-state index contributed by atoms with van der Waals surface area (Å²) in [6.45, 7) is -16.2. The number of nitrogens with zero attached hydrogens (tertiary/aromatic N) is 3. The van der Waals surface area contributed by atoms with Gasteiger partial charge in [-0.2, -0.15) is 0 Å². The van der Waals surface area contributed by atoms with E-state index < -0.39 is 97.9 Å². The largest absolute Gasteiger partial charge is 0.507 e. The molecule has 10 rings (SSSR count). The molecule has 0 aliphatic heterocycles. The van der Waals surface area contributed by atoms with Crippen LogP contribution in [0.15, 0.2) is 182 Å². The van der Waals surface area contributed by atoms with Gasteiger partial charge in [0.25, 0.3) is 0 Å². The van der Waals surface area contributed by atoms with Crippen molar-refractivity contribution in [1.82, 2.24) is 14.5 Å². The Hall–Kier alpha value is -7.13. The fourth-order valence-corrected chi connectivity index (χ4v) is 9.81. The molecule has 0 amide bonds. The molecule has 76 heavy (non-hydrogen) atoms. The Kier molecular flexibility index (Phi) is 8.90. The van der Waals surface area contributed by atoms with Gasteiger partial charge in [-0.25, -0.2) is 4.98 Å². The Labute approximate surface area is 495 Å². The van der Waals surface area contributed by atoms with E-state index in [1.807, 2.05) is 169 Å². The molecule has 1 N–H and O–H groups in total. The number of imidazole rings is 1. The Balaban J connectivity index is 0.0000110. The molecule has 2 heterocycles. The van der Waals surface area contributed by atoms with E-state index in [-0.39, 0.29) is 55.0 Å². The first-order valence-corrected chi connectivity index (χ1v) is 24.7. The van der Waals surface area contributed by atoms with E-state index in [9.17, 15) is 9.22 Å². The van der Waals surface area contributed by atoms with E-state index >= 15 is 0 Å². The fourth-order valence-electron chi connectivity index (χ4n) is 9.81. The molecule has 386 valence electrons. The molecule has 0 bridgehead atoms. The monoisotopic (exact) mass is 1200 g/mol. The van der Waals surface area contributed by atoms with Crippen molar-refractivity contribution in [3.63, 3.8) is 0 Å². The van der Waals surface area contributed by atoms with Crippen molar-refractivity contribution in [2.24, 2.45) is 0 Å².